The maximum Gasteiger partial charge on any atom is 0.226 e. The lowest BCUT2D eigenvalue weighted by molar-refractivity contribution is -0.121. The third kappa shape index (κ3) is 3.97. The van der Waals surface area contributed by atoms with E-state index in [9.17, 15) is 4.79 Å². The zero-order valence-electron chi connectivity index (χ0n) is 14.2. The van der Waals surface area contributed by atoms with Crippen molar-refractivity contribution in [2.45, 2.75) is 25.3 Å². The number of amides is 1. The van der Waals surface area contributed by atoms with Gasteiger partial charge in [-0.15, -0.1) is 0 Å². The second-order valence-corrected chi connectivity index (χ2v) is 7.06. The zero-order valence-corrected chi connectivity index (χ0v) is 14.9. The molecule has 1 N–H and O–H groups in total. The summed E-state index contributed by atoms with van der Waals surface area (Å²) in [5.74, 6) is 0.979. The minimum atomic E-state index is -0.0511. The van der Waals surface area contributed by atoms with Gasteiger partial charge in [0.15, 0.2) is 0 Å². The predicted octanol–water partition coefficient (Wildman–Crippen LogP) is 4.81. The van der Waals surface area contributed by atoms with Gasteiger partial charge in [0.25, 0.3) is 0 Å². The van der Waals surface area contributed by atoms with Crippen LogP contribution in [0, 0.1) is 5.92 Å². The van der Waals surface area contributed by atoms with E-state index in [1.165, 1.54) is 0 Å². The molecule has 5 heteroatoms. The molecule has 132 valence electrons. The lowest BCUT2D eigenvalue weighted by atomic mass is 10.0. The Bertz CT molecular complexity index is 886. The summed E-state index contributed by atoms with van der Waals surface area (Å²) in [6.07, 6.45) is 4.02. The first-order chi connectivity index (χ1) is 12.7. The Morgan fingerprint density at radius 1 is 1.15 bits per heavy atom. The van der Waals surface area contributed by atoms with Crippen molar-refractivity contribution in [1.29, 1.82) is 0 Å². The van der Waals surface area contributed by atoms with Gasteiger partial charge in [0.1, 0.15) is 6.26 Å². The number of aromatic nitrogens is 1. The first-order valence-electron chi connectivity index (χ1n) is 8.74. The van der Waals surface area contributed by atoms with Gasteiger partial charge in [-0.1, -0.05) is 41.9 Å². The number of nitrogens with one attached hydrogen (secondary N) is 1. The lowest BCUT2D eigenvalue weighted by Crippen LogP contribution is -2.31. The van der Waals surface area contributed by atoms with Gasteiger partial charge in [-0.25, -0.2) is 4.98 Å². The van der Waals surface area contributed by atoms with E-state index in [-0.39, 0.29) is 18.4 Å². The molecule has 1 unspecified atom stereocenters. The lowest BCUT2D eigenvalue weighted by Gasteiger charge is -2.18. The average molecular weight is 367 g/mol. The molecule has 4 nitrogen and oxygen atoms in total. The average Bonchev–Trinajstić information content (AvgIpc) is 3.40. The first-order valence-corrected chi connectivity index (χ1v) is 9.11. The number of benzene rings is 2. The Kier molecular flexibility index (Phi) is 4.76. The SMILES string of the molecule is O=C(Cc1coc(-c2ccccc2)n1)NC(c1ccc(Cl)cc1)C1CC1. The second kappa shape index (κ2) is 7.34. The van der Waals surface area contributed by atoms with Gasteiger partial charge in [-0.2, -0.15) is 0 Å². The van der Waals surface area contributed by atoms with Crippen molar-refractivity contribution in [3.05, 3.63) is 77.1 Å². The van der Waals surface area contributed by atoms with Crippen molar-refractivity contribution < 1.29 is 9.21 Å². The van der Waals surface area contributed by atoms with Crippen LogP contribution in [0.2, 0.25) is 5.02 Å². The van der Waals surface area contributed by atoms with Crippen LogP contribution in [0.25, 0.3) is 11.5 Å². The molecule has 1 heterocycles. The molecule has 1 aliphatic carbocycles. The molecule has 0 saturated heterocycles. The van der Waals surface area contributed by atoms with Gasteiger partial charge < -0.3 is 9.73 Å². The third-order valence-electron chi connectivity index (χ3n) is 4.55. The molecule has 1 atom stereocenters. The maximum absolute atomic E-state index is 12.5. The normalized spacial score (nSPS) is 14.8. The first kappa shape index (κ1) is 16.9. The van der Waals surface area contributed by atoms with E-state index < -0.39 is 0 Å². The van der Waals surface area contributed by atoms with E-state index >= 15 is 0 Å². The van der Waals surface area contributed by atoms with Crippen LogP contribution in [0.5, 0.6) is 0 Å². The highest BCUT2D eigenvalue weighted by atomic mass is 35.5. The molecule has 0 spiro atoms. The third-order valence-corrected chi connectivity index (χ3v) is 4.81. The molecule has 1 aromatic heterocycles. The number of carbonyl (C=O) groups excluding carboxylic acids is 1. The van der Waals surface area contributed by atoms with E-state index in [1.54, 1.807) is 6.26 Å². The highest BCUT2D eigenvalue weighted by Crippen LogP contribution is 2.41. The van der Waals surface area contributed by atoms with Crippen LogP contribution in [0.1, 0.15) is 30.1 Å². The summed E-state index contributed by atoms with van der Waals surface area (Å²) in [5.41, 5.74) is 2.62. The van der Waals surface area contributed by atoms with Crippen molar-refractivity contribution in [3.8, 4) is 11.5 Å². The molecule has 1 amide bonds. The van der Waals surface area contributed by atoms with E-state index in [2.05, 4.69) is 10.3 Å². The van der Waals surface area contributed by atoms with Gasteiger partial charge in [0.05, 0.1) is 18.2 Å². The topological polar surface area (TPSA) is 55.1 Å². The standard InChI is InChI=1S/C21H19ClN2O2/c22-17-10-8-15(9-11-17)20(14-6-7-14)24-19(25)12-18-13-26-21(23-18)16-4-2-1-3-5-16/h1-5,8-11,13-14,20H,6-7,12H2,(H,24,25). The maximum atomic E-state index is 12.5. The monoisotopic (exact) mass is 366 g/mol. The summed E-state index contributed by atoms with van der Waals surface area (Å²) >= 11 is 5.97. The number of rotatable bonds is 6. The molecular weight excluding hydrogens is 348 g/mol. The number of carbonyl (C=O) groups is 1. The van der Waals surface area contributed by atoms with Crippen molar-refractivity contribution in [2.75, 3.05) is 0 Å². The number of hydrogen-bond acceptors (Lipinski definition) is 3. The van der Waals surface area contributed by atoms with Gasteiger partial charge >= 0.3 is 0 Å². The Morgan fingerprint density at radius 2 is 1.88 bits per heavy atom. The van der Waals surface area contributed by atoms with Crippen LogP contribution >= 0.6 is 11.6 Å². The Morgan fingerprint density at radius 3 is 2.58 bits per heavy atom. The largest absolute Gasteiger partial charge is 0.444 e. The smallest absolute Gasteiger partial charge is 0.226 e. The summed E-state index contributed by atoms with van der Waals surface area (Å²) < 4.78 is 5.51. The molecular formula is C21H19ClN2O2. The summed E-state index contributed by atoms with van der Waals surface area (Å²) in [6.45, 7) is 0. The molecule has 1 fully saturated rings. The van der Waals surface area contributed by atoms with E-state index in [1.807, 2.05) is 54.6 Å². The van der Waals surface area contributed by atoms with Gasteiger partial charge in [0.2, 0.25) is 11.8 Å². The van der Waals surface area contributed by atoms with Crippen molar-refractivity contribution in [2.24, 2.45) is 5.92 Å². The van der Waals surface area contributed by atoms with E-state index in [0.717, 1.165) is 24.0 Å². The Balaban J connectivity index is 1.43. The van der Waals surface area contributed by atoms with E-state index in [0.29, 0.717) is 22.5 Å². The fourth-order valence-electron chi connectivity index (χ4n) is 3.06. The Labute approximate surface area is 157 Å². The zero-order chi connectivity index (χ0) is 17.9. The molecule has 2 aromatic carbocycles. The van der Waals surface area contributed by atoms with Gasteiger partial charge in [-0.05, 0) is 48.6 Å². The van der Waals surface area contributed by atoms with Gasteiger partial charge in [0, 0.05) is 10.6 Å². The van der Waals surface area contributed by atoms with Crippen molar-refractivity contribution in [3.63, 3.8) is 0 Å². The van der Waals surface area contributed by atoms with Gasteiger partial charge in [-0.3, -0.25) is 4.79 Å². The Hall–Kier alpha value is -2.59. The van der Waals surface area contributed by atoms with Crippen LogP contribution in [-0.4, -0.2) is 10.9 Å². The number of hydrogen-bond donors (Lipinski definition) is 1. The molecule has 3 aromatic rings. The molecule has 0 bridgehead atoms. The summed E-state index contributed by atoms with van der Waals surface area (Å²) in [5, 5.41) is 3.85. The molecule has 1 saturated carbocycles. The molecule has 1 aliphatic rings. The summed E-state index contributed by atoms with van der Waals surface area (Å²) in [6, 6.07) is 17.4. The fourth-order valence-corrected chi connectivity index (χ4v) is 3.19. The van der Waals surface area contributed by atoms with Crippen LogP contribution in [0.4, 0.5) is 0 Å². The molecule has 26 heavy (non-hydrogen) atoms. The quantitative estimate of drug-likeness (QED) is 0.681. The highest BCUT2D eigenvalue weighted by molar-refractivity contribution is 6.30. The van der Waals surface area contributed by atoms with Crippen LogP contribution < -0.4 is 5.32 Å². The number of halogens is 1. The van der Waals surface area contributed by atoms with Crippen molar-refractivity contribution >= 4 is 17.5 Å². The minimum absolute atomic E-state index is 0.0280. The van der Waals surface area contributed by atoms with E-state index in [4.69, 9.17) is 16.0 Å². The summed E-state index contributed by atoms with van der Waals surface area (Å²) in [4.78, 5) is 16.9. The molecule has 0 aliphatic heterocycles. The van der Waals surface area contributed by atoms with Crippen LogP contribution in [-0.2, 0) is 11.2 Å². The summed E-state index contributed by atoms with van der Waals surface area (Å²) in [7, 11) is 0. The predicted molar refractivity (Wildman–Crippen MR) is 101 cm³/mol. The molecule has 4 rings (SSSR count). The number of nitrogens with zero attached hydrogens (tertiary/aromatic N) is 1. The van der Waals surface area contributed by atoms with Crippen LogP contribution in [0.3, 0.4) is 0 Å². The number of oxazole rings is 1. The van der Waals surface area contributed by atoms with Crippen LogP contribution in [0.15, 0.2) is 65.3 Å². The molecule has 0 radical (unpaired) electrons. The fraction of sp³-hybridized carbons (Fsp3) is 0.238. The second-order valence-electron chi connectivity index (χ2n) is 6.62. The minimum Gasteiger partial charge on any atom is -0.444 e. The van der Waals surface area contributed by atoms with Crippen molar-refractivity contribution in [1.82, 2.24) is 10.3 Å². The highest BCUT2D eigenvalue weighted by Gasteiger charge is 2.33.